The number of rotatable bonds is 9. The van der Waals surface area contributed by atoms with E-state index in [1.165, 1.54) is 24.8 Å². The summed E-state index contributed by atoms with van der Waals surface area (Å²) in [5.41, 5.74) is 1.35. The highest BCUT2D eigenvalue weighted by molar-refractivity contribution is 5.27. The molecule has 0 aliphatic carbocycles. The van der Waals surface area contributed by atoms with Crippen LogP contribution in [0.15, 0.2) is 24.3 Å². The molecule has 3 N–H and O–H groups in total. The number of ether oxygens (including phenoxy) is 1. The first-order valence-corrected chi connectivity index (χ1v) is 8.99. The first-order chi connectivity index (χ1) is 11.6. The quantitative estimate of drug-likeness (QED) is 0.597. The van der Waals surface area contributed by atoms with Gasteiger partial charge in [-0.2, -0.15) is 0 Å². The highest BCUT2D eigenvalue weighted by atomic mass is 16.5. The van der Waals surface area contributed by atoms with Crippen LogP contribution >= 0.6 is 0 Å². The van der Waals surface area contributed by atoms with E-state index in [2.05, 4.69) is 12.1 Å². The monoisotopic (exact) mass is 337 g/mol. The number of hydrogen-bond acceptors (Lipinski definition) is 5. The zero-order valence-corrected chi connectivity index (χ0v) is 14.6. The smallest absolute Gasteiger partial charge is 0.118 e. The first kappa shape index (κ1) is 19.2. The number of aliphatic hydroxyl groups is 3. The number of aliphatic hydroxyl groups excluding tert-OH is 3. The summed E-state index contributed by atoms with van der Waals surface area (Å²) in [4.78, 5) is 2.04. The van der Waals surface area contributed by atoms with Crippen LogP contribution in [0.5, 0.6) is 5.75 Å². The summed E-state index contributed by atoms with van der Waals surface area (Å²) >= 11 is 0. The molecule has 136 valence electrons. The molecule has 0 radical (unpaired) electrons. The van der Waals surface area contributed by atoms with Gasteiger partial charge in [-0.15, -0.1) is 0 Å². The number of nitrogens with zero attached hydrogens (tertiary/aromatic N) is 1. The Morgan fingerprint density at radius 3 is 2.12 bits per heavy atom. The number of benzene rings is 1. The Morgan fingerprint density at radius 1 is 0.917 bits per heavy atom. The fourth-order valence-corrected chi connectivity index (χ4v) is 3.25. The van der Waals surface area contributed by atoms with Crippen molar-refractivity contribution < 1.29 is 20.1 Å². The Bertz CT molecular complexity index is 453. The predicted octanol–water partition coefficient (Wildman–Crippen LogP) is 1.59. The molecule has 1 aliphatic rings. The van der Waals surface area contributed by atoms with Crippen molar-refractivity contribution in [2.45, 2.75) is 56.8 Å². The van der Waals surface area contributed by atoms with Crippen molar-refractivity contribution in [2.24, 2.45) is 0 Å². The SMILES string of the molecule is COc1ccc(CCCCCCCN2CC(O)C(O)C(O)C2)cc1. The Balaban J connectivity index is 1.51. The minimum absolute atomic E-state index is 0.454. The third kappa shape index (κ3) is 6.06. The molecule has 0 saturated carbocycles. The average Bonchev–Trinajstić information content (AvgIpc) is 2.59. The molecule has 0 spiro atoms. The van der Waals surface area contributed by atoms with E-state index in [0.717, 1.165) is 31.6 Å². The fraction of sp³-hybridized carbons (Fsp3) is 0.684. The van der Waals surface area contributed by atoms with Gasteiger partial charge in [-0.25, -0.2) is 0 Å². The van der Waals surface area contributed by atoms with Gasteiger partial charge >= 0.3 is 0 Å². The van der Waals surface area contributed by atoms with Gasteiger partial charge in [-0.1, -0.05) is 31.4 Å². The molecule has 0 aromatic heterocycles. The van der Waals surface area contributed by atoms with Gasteiger partial charge in [-0.3, -0.25) is 4.90 Å². The molecule has 1 aromatic carbocycles. The van der Waals surface area contributed by atoms with Crippen molar-refractivity contribution in [1.29, 1.82) is 0 Å². The average molecular weight is 337 g/mol. The number of likely N-dealkylation sites (tertiary alicyclic amines) is 1. The lowest BCUT2D eigenvalue weighted by molar-refractivity contribution is -0.109. The van der Waals surface area contributed by atoms with Gasteiger partial charge in [0.1, 0.15) is 11.9 Å². The van der Waals surface area contributed by atoms with E-state index in [0.29, 0.717) is 13.1 Å². The fourth-order valence-electron chi connectivity index (χ4n) is 3.25. The van der Waals surface area contributed by atoms with Crippen LogP contribution in [0.3, 0.4) is 0 Å². The van der Waals surface area contributed by atoms with Gasteiger partial charge < -0.3 is 20.1 Å². The lowest BCUT2D eigenvalue weighted by atomic mass is 10.0. The molecule has 2 rings (SSSR count). The normalized spacial score (nSPS) is 24.9. The van der Waals surface area contributed by atoms with Gasteiger partial charge in [-0.05, 0) is 43.5 Å². The van der Waals surface area contributed by atoms with Crippen LogP contribution in [0.1, 0.15) is 37.7 Å². The predicted molar refractivity (Wildman–Crippen MR) is 94.2 cm³/mol. The summed E-state index contributed by atoms with van der Waals surface area (Å²) in [5, 5.41) is 28.9. The molecule has 1 aliphatic heterocycles. The maximum Gasteiger partial charge on any atom is 0.118 e. The van der Waals surface area contributed by atoms with Crippen molar-refractivity contribution in [2.75, 3.05) is 26.7 Å². The molecule has 2 unspecified atom stereocenters. The molecule has 1 saturated heterocycles. The number of hydrogen-bond donors (Lipinski definition) is 3. The molecule has 0 bridgehead atoms. The first-order valence-electron chi connectivity index (χ1n) is 8.99. The van der Waals surface area contributed by atoms with Gasteiger partial charge in [0.2, 0.25) is 0 Å². The van der Waals surface area contributed by atoms with E-state index >= 15 is 0 Å². The standard InChI is InChI=1S/C19H31NO4/c1-24-16-10-8-15(9-11-16)7-5-3-2-4-6-12-20-13-17(21)19(23)18(22)14-20/h8-11,17-19,21-23H,2-7,12-14H2,1H3. The Kier molecular flexibility index (Phi) is 7.99. The molecule has 1 fully saturated rings. The molecule has 5 nitrogen and oxygen atoms in total. The number of aryl methyl sites for hydroxylation is 1. The number of piperidine rings is 1. The van der Waals surface area contributed by atoms with Gasteiger partial charge in [0.05, 0.1) is 19.3 Å². The second-order valence-electron chi connectivity index (χ2n) is 6.75. The third-order valence-electron chi connectivity index (χ3n) is 4.78. The van der Waals surface area contributed by atoms with Crippen LogP contribution in [0.25, 0.3) is 0 Å². The number of β-amino-alcohol motifs (C(OH)–C–C–N with tert-alkyl or cyclic N) is 2. The van der Waals surface area contributed by atoms with Crippen molar-refractivity contribution >= 4 is 0 Å². The number of unbranched alkanes of at least 4 members (excludes halogenated alkanes) is 4. The summed E-state index contributed by atoms with van der Waals surface area (Å²) in [5.74, 6) is 0.902. The van der Waals surface area contributed by atoms with Gasteiger partial charge in [0.25, 0.3) is 0 Å². The summed E-state index contributed by atoms with van der Waals surface area (Å²) in [7, 11) is 1.68. The molecular formula is C19H31NO4. The van der Waals surface area contributed by atoms with Crippen LogP contribution < -0.4 is 4.74 Å². The number of methoxy groups -OCH3 is 1. The maximum absolute atomic E-state index is 9.67. The van der Waals surface area contributed by atoms with E-state index in [9.17, 15) is 15.3 Å². The summed E-state index contributed by atoms with van der Waals surface area (Å²) in [6, 6.07) is 8.27. The molecule has 5 heteroatoms. The topological polar surface area (TPSA) is 73.2 Å². The lowest BCUT2D eigenvalue weighted by Gasteiger charge is -2.36. The molecule has 2 atom stereocenters. The summed E-state index contributed by atoms with van der Waals surface area (Å²) < 4.78 is 5.16. The van der Waals surface area contributed by atoms with Crippen LogP contribution in [0.4, 0.5) is 0 Å². The summed E-state index contributed by atoms with van der Waals surface area (Å²) in [6.07, 6.45) is 4.28. The zero-order chi connectivity index (χ0) is 17.4. The van der Waals surface area contributed by atoms with Gasteiger partial charge in [0, 0.05) is 13.1 Å². The van der Waals surface area contributed by atoms with E-state index in [1.807, 2.05) is 17.0 Å². The summed E-state index contributed by atoms with van der Waals surface area (Å²) in [6.45, 7) is 1.78. The van der Waals surface area contributed by atoms with E-state index in [1.54, 1.807) is 7.11 Å². The van der Waals surface area contributed by atoms with Crippen molar-refractivity contribution in [3.63, 3.8) is 0 Å². The minimum Gasteiger partial charge on any atom is -0.497 e. The third-order valence-corrected chi connectivity index (χ3v) is 4.78. The highest BCUT2D eigenvalue weighted by Crippen LogP contribution is 2.15. The van der Waals surface area contributed by atoms with Crippen molar-refractivity contribution in [1.82, 2.24) is 4.90 Å². The Labute approximate surface area is 144 Å². The molecular weight excluding hydrogens is 306 g/mol. The van der Waals surface area contributed by atoms with E-state index in [4.69, 9.17) is 4.74 Å². The van der Waals surface area contributed by atoms with Crippen LogP contribution in [0.2, 0.25) is 0 Å². The van der Waals surface area contributed by atoms with Crippen LogP contribution in [-0.4, -0.2) is 65.3 Å². The van der Waals surface area contributed by atoms with Crippen LogP contribution in [0, 0.1) is 0 Å². The minimum atomic E-state index is -1.00. The molecule has 1 aromatic rings. The molecule has 24 heavy (non-hydrogen) atoms. The van der Waals surface area contributed by atoms with Crippen LogP contribution in [-0.2, 0) is 6.42 Å². The van der Waals surface area contributed by atoms with Crippen molar-refractivity contribution in [3.05, 3.63) is 29.8 Å². The molecule has 0 amide bonds. The second kappa shape index (κ2) is 9.99. The van der Waals surface area contributed by atoms with Crippen molar-refractivity contribution in [3.8, 4) is 5.75 Å². The Hall–Kier alpha value is -1.14. The van der Waals surface area contributed by atoms with Gasteiger partial charge in [0.15, 0.2) is 0 Å². The zero-order valence-electron chi connectivity index (χ0n) is 14.6. The lowest BCUT2D eigenvalue weighted by Crippen LogP contribution is -2.55. The van der Waals surface area contributed by atoms with E-state index in [-0.39, 0.29) is 0 Å². The largest absolute Gasteiger partial charge is 0.497 e. The highest BCUT2D eigenvalue weighted by Gasteiger charge is 2.32. The maximum atomic E-state index is 9.67. The van der Waals surface area contributed by atoms with E-state index < -0.39 is 18.3 Å². The molecule has 1 heterocycles. The Morgan fingerprint density at radius 2 is 1.50 bits per heavy atom. The second-order valence-corrected chi connectivity index (χ2v) is 6.75.